The highest BCUT2D eigenvalue weighted by Gasteiger charge is 2.40. The average molecular weight is 515 g/mol. The van der Waals surface area contributed by atoms with Gasteiger partial charge in [-0.3, -0.25) is 14.4 Å². The number of amides is 2. The molecule has 0 radical (unpaired) electrons. The number of hydrogen-bond donors (Lipinski definition) is 2. The lowest BCUT2D eigenvalue weighted by Crippen LogP contribution is -2.52. The summed E-state index contributed by atoms with van der Waals surface area (Å²) in [4.78, 5) is 45.9. The van der Waals surface area contributed by atoms with E-state index in [-0.39, 0.29) is 41.2 Å². The summed E-state index contributed by atoms with van der Waals surface area (Å²) in [5.41, 5.74) is 1.95. The Kier molecular flexibility index (Phi) is 9.65. The number of carbonyl (C=O) groups excluding carboxylic acids is 2. The van der Waals surface area contributed by atoms with Crippen molar-refractivity contribution in [2.45, 2.75) is 93.7 Å². The van der Waals surface area contributed by atoms with Crippen molar-refractivity contribution in [3.63, 3.8) is 0 Å². The third-order valence-corrected chi connectivity index (χ3v) is 8.72. The Morgan fingerprint density at radius 1 is 1.14 bits per heavy atom. The first-order valence-electron chi connectivity index (χ1n) is 14.3. The van der Waals surface area contributed by atoms with Crippen molar-refractivity contribution in [1.82, 2.24) is 20.1 Å². The van der Waals surface area contributed by atoms with Crippen molar-refractivity contribution < 1.29 is 9.59 Å². The van der Waals surface area contributed by atoms with Gasteiger partial charge in [-0.25, -0.2) is 0 Å². The molecule has 1 aromatic heterocycles. The number of aryl methyl sites for hydroxylation is 2. The van der Waals surface area contributed by atoms with Crippen molar-refractivity contribution in [2.24, 2.45) is 29.1 Å². The maximum Gasteiger partial charge on any atom is 0.253 e. The summed E-state index contributed by atoms with van der Waals surface area (Å²) >= 11 is 0. The van der Waals surface area contributed by atoms with Crippen LogP contribution in [0.1, 0.15) is 84.0 Å². The second kappa shape index (κ2) is 12.1. The molecule has 2 N–H and O–H groups in total. The first-order chi connectivity index (χ1) is 17.3. The minimum atomic E-state index is -0.322. The minimum absolute atomic E-state index is 0.0566. The fourth-order valence-corrected chi connectivity index (χ4v) is 6.50. The number of nitrogens with zero attached hydrogens (tertiary/aromatic N) is 2. The fourth-order valence-electron chi connectivity index (χ4n) is 6.50. The van der Waals surface area contributed by atoms with E-state index in [9.17, 15) is 14.4 Å². The van der Waals surface area contributed by atoms with Crippen molar-refractivity contribution in [2.75, 3.05) is 26.2 Å². The predicted octanol–water partition coefficient (Wildman–Crippen LogP) is 4.27. The molecule has 1 saturated heterocycles. The van der Waals surface area contributed by atoms with Crippen molar-refractivity contribution >= 4 is 11.8 Å². The zero-order chi connectivity index (χ0) is 27.5. The van der Waals surface area contributed by atoms with E-state index in [0.29, 0.717) is 23.4 Å². The van der Waals surface area contributed by atoms with E-state index in [2.05, 4.69) is 36.0 Å². The molecule has 7 heteroatoms. The number of nitrogens with one attached hydrogen (secondary N) is 2. The average Bonchev–Trinajstić information content (AvgIpc) is 2.82. The molecule has 37 heavy (non-hydrogen) atoms. The van der Waals surface area contributed by atoms with Gasteiger partial charge in [-0.05, 0) is 75.5 Å². The van der Waals surface area contributed by atoms with Gasteiger partial charge in [0.2, 0.25) is 11.8 Å². The number of hydrogen-bond acceptors (Lipinski definition) is 4. The quantitative estimate of drug-likeness (QED) is 0.569. The molecule has 208 valence electrons. The number of H-pyrrole nitrogens is 1. The topological polar surface area (TPSA) is 85.5 Å². The molecule has 3 rings (SSSR count). The molecule has 4 atom stereocenters. The molecule has 1 aliphatic carbocycles. The van der Waals surface area contributed by atoms with Gasteiger partial charge in [0, 0.05) is 54.8 Å². The van der Waals surface area contributed by atoms with Gasteiger partial charge >= 0.3 is 0 Å². The molecule has 0 bridgehead atoms. The Morgan fingerprint density at radius 2 is 1.78 bits per heavy atom. The van der Waals surface area contributed by atoms with Gasteiger partial charge in [-0.1, -0.05) is 41.5 Å². The van der Waals surface area contributed by atoms with Gasteiger partial charge in [-0.15, -0.1) is 0 Å². The van der Waals surface area contributed by atoms with Crippen molar-refractivity contribution in [1.29, 1.82) is 0 Å². The zero-order valence-electron chi connectivity index (χ0n) is 24.4. The monoisotopic (exact) mass is 514 g/mol. The first kappa shape index (κ1) is 29.4. The molecule has 2 aliphatic rings. The maximum absolute atomic E-state index is 13.4. The number of pyridine rings is 1. The second-order valence-electron chi connectivity index (χ2n) is 12.8. The van der Waals surface area contributed by atoms with E-state index < -0.39 is 0 Å². The highest BCUT2D eigenvalue weighted by atomic mass is 16.2. The number of aromatic amines is 1. The number of piperidine rings is 1. The van der Waals surface area contributed by atoms with Crippen molar-refractivity contribution in [3.05, 3.63) is 33.2 Å². The van der Waals surface area contributed by atoms with Gasteiger partial charge in [-0.2, -0.15) is 0 Å². The van der Waals surface area contributed by atoms with Crippen LogP contribution in [-0.2, 0) is 16.1 Å². The van der Waals surface area contributed by atoms with Crippen LogP contribution in [0, 0.1) is 42.9 Å². The number of carbonyl (C=O) groups is 2. The molecule has 4 unspecified atom stereocenters. The van der Waals surface area contributed by atoms with E-state index in [4.69, 9.17) is 0 Å². The number of aromatic nitrogens is 1. The smallest absolute Gasteiger partial charge is 0.253 e. The van der Waals surface area contributed by atoms with E-state index in [1.807, 2.05) is 45.6 Å². The van der Waals surface area contributed by atoms with E-state index in [1.165, 1.54) is 0 Å². The lowest BCUT2D eigenvalue weighted by atomic mass is 9.71. The summed E-state index contributed by atoms with van der Waals surface area (Å²) in [6.45, 7) is 20.5. The third kappa shape index (κ3) is 7.24. The minimum Gasteiger partial charge on any atom is -0.352 e. The van der Waals surface area contributed by atoms with Crippen LogP contribution in [0.4, 0.5) is 0 Å². The van der Waals surface area contributed by atoms with E-state index in [1.54, 1.807) is 0 Å². The second-order valence-corrected chi connectivity index (χ2v) is 12.8. The lowest BCUT2D eigenvalue weighted by Gasteiger charge is -2.46. The van der Waals surface area contributed by atoms with Gasteiger partial charge in [0.15, 0.2) is 0 Å². The Bertz CT molecular complexity index is 1000. The Labute approximate surface area is 223 Å². The van der Waals surface area contributed by atoms with Gasteiger partial charge in [0.1, 0.15) is 0 Å². The Hall–Kier alpha value is -2.15. The number of rotatable bonds is 7. The highest BCUT2D eigenvalue weighted by Crippen LogP contribution is 2.37. The summed E-state index contributed by atoms with van der Waals surface area (Å²) in [7, 11) is 0. The van der Waals surface area contributed by atoms with Crippen LogP contribution in [0.25, 0.3) is 0 Å². The molecule has 2 amide bonds. The van der Waals surface area contributed by atoms with Crippen LogP contribution >= 0.6 is 0 Å². The van der Waals surface area contributed by atoms with Crippen LogP contribution in [0.15, 0.2) is 10.9 Å². The van der Waals surface area contributed by atoms with Crippen LogP contribution in [-0.4, -0.2) is 58.8 Å². The predicted molar refractivity (Wildman–Crippen MR) is 149 cm³/mol. The molecular weight excluding hydrogens is 464 g/mol. The van der Waals surface area contributed by atoms with Gasteiger partial charge in [0.25, 0.3) is 5.56 Å². The Balaban J connectivity index is 1.61. The van der Waals surface area contributed by atoms with Gasteiger partial charge in [0.05, 0.1) is 0 Å². The van der Waals surface area contributed by atoms with Crippen molar-refractivity contribution in [3.8, 4) is 0 Å². The summed E-state index contributed by atoms with van der Waals surface area (Å²) < 4.78 is 0. The molecule has 1 saturated carbocycles. The molecule has 2 heterocycles. The molecule has 2 fully saturated rings. The molecule has 0 aromatic carbocycles. The fraction of sp³-hybridized carbons (Fsp3) is 0.767. The third-order valence-electron chi connectivity index (χ3n) is 8.72. The van der Waals surface area contributed by atoms with Crippen LogP contribution in [0.3, 0.4) is 0 Å². The largest absolute Gasteiger partial charge is 0.352 e. The normalized spacial score (nSPS) is 25.4. The molecular formula is C30H50N4O3. The summed E-state index contributed by atoms with van der Waals surface area (Å²) in [6.07, 6.45) is 4.08. The van der Waals surface area contributed by atoms with Gasteiger partial charge < -0.3 is 20.1 Å². The van der Waals surface area contributed by atoms with E-state index >= 15 is 0 Å². The zero-order valence-corrected chi connectivity index (χ0v) is 24.4. The van der Waals surface area contributed by atoms with Crippen LogP contribution in [0.2, 0.25) is 0 Å². The standard InChI is InChI=1S/C30H50N4O3/c1-9-33(18-23-10-12-34(13-11-23)29(37)30(6,7)8)26-15-19(2)14-24(22(26)5)27(35)31-17-25-20(3)16-21(4)32-28(25)36/h16,19,22-24,26H,9-15,17-18H2,1-8H3,(H,31,35)(H,32,36). The molecule has 1 aliphatic heterocycles. The maximum atomic E-state index is 13.4. The number of likely N-dealkylation sites (tertiary alicyclic amines) is 1. The summed E-state index contributed by atoms with van der Waals surface area (Å²) in [5.74, 6) is 1.56. The highest BCUT2D eigenvalue weighted by molar-refractivity contribution is 5.81. The van der Waals surface area contributed by atoms with Crippen LogP contribution in [0.5, 0.6) is 0 Å². The summed E-state index contributed by atoms with van der Waals surface area (Å²) in [6, 6.07) is 2.32. The summed E-state index contributed by atoms with van der Waals surface area (Å²) in [5, 5.41) is 3.09. The SMILES string of the molecule is CCN(CC1CCN(C(=O)C(C)(C)C)CC1)C1CC(C)CC(C(=O)NCc2c(C)cc(C)[nH]c2=O)C1C. The van der Waals surface area contributed by atoms with Crippen LogP contribution < -0.4 is 10.9 Å². The van der Waals surface area contributed by atoms with E-state index in [0.717, 1.165) is 63.1 Å². The lowest BCUT2D eigenvalue weighted by molar-refractivity contribution is -0.141. The molecule has 1 aromatic rings. The molecule has 7 nitrogen and oxygen atoms in total. The first-order valence-corrected chi connectivity index (χ1v) is 14.3. The Morgan fingerprint density at radius 3 is 2.35 bits per heavy atom. The molecule has 0 spiro atoms.